The summed E-state index contributed by atoms with van der Waals surface area (Å²) in [6, 6.07) is 15.8. The van der Waals surface area contributed by atoms with E-state index in [1.54, 1.807) is 0 Å². The largest absolute Gasteiger partial charge is 0.489 e. The van der Waals surface area contributed by atoms with E-state index in [9.17, 15) is 9.90 Å². The van der Waals surface area contributed by atoms with Gasteiger partial charge in [-0.3, -0.25) is 4.79 Å². The monoisotopic (exact) mass is 358 g/mol. The number of carboxylic acids is 1. The normalized spacial score (nSPS) is 16.1. The molecule has 0 saturated heterocycles. The summed E-state index contributed by atoms with van der Waals surface area (Å²) in [5.41, 5.74) is 3.87. The summed E-state index contributed by atoms with van der Waals surface area (Å²) in [6.07, 6.45) is 0. The van der Waals surface area contributed by atoms with Gasteiger partial charge in [0.05, 0.1) is 5.92 Å². The molecule has 1 aromatic heterocycles. The first-order valence-corrected chi connectivity index (χ1v) is 7.97. The predicted molar refractivity (Wildman–Crippen MR) is 98.4 cm³/mol. The van der Waals surface area contributed by atoms with Crippen LogP contribution < -0.4 is 10.1 Å². The summed E-state index contributed by atoms with van der Waals surface area (Å²) in [7, 11) is 0. The topological polar surface area (TPSA) is 74.4 Å². The Kier molecular flexibility index (Phi) is 4.97. The van der Waals surface area contributed by atoms with Gasteiger partial charge in [0.2, 0.25) is 0 Å². The number of benzene rings is 2. The standard InChI is InChI=1S/C19H18N2O3.ClH/c22-19(23)15-9-20-10-17-18(15)14-8-13(6-7-16(14)21-17)24-11-12-4-2-1-3-5-12;/h1-8,15,20-21H,9-11H2,(H,22,23);1H. The van der Waals surface area contributed by atoms with Crippen molar-refractivity contribution in [3.05, 3.63) is 65.4 Å². The summed E-state index contributed by atoms with van der Waals surface area (Å²) in [6.45, 7) is 1.60. The lowest BCUT2D eigenvalue weighted by Crippen LogP contribution is -2.32. The number of rotatable bonds is 4. The first kappa shape index (κ1) is 17.3. The molecule has 0 amide bonds. The molecule has 0 fully saturated rings. The van der Waals surface area contributed by atoms with Gasteiger partial charge in [-0.2, -0.15) is 0 Å². The highest BCUT2D eigenvalue weighted by molar-refractivity contribution is 5.92. The Balaban J connectivity index is 0.00000182. The molecule has 3 N–H and O–H groups in total. The van der Waals surface area contributed by atoms with E-state index < -0.39 is 11.9 Å². The lowest BCUT2D eigenvalue weighted by molar-refractivity contribution is -0.138. The molecule has 4 rings (SSSR count). The number of aromatic nitrogens is 1. The van der Waals surface area contributed by atoms with Crippen LogP contribution in [-0.2, 0) is 17.9 Å². The maximum atomic E-state index is 11.6. The molecule has 5 nitrogen and oxygen atoms in total. The second-order valence-corrected chi connectivity index (χ2v) is 6.02. The highest BCUT2D eigenvalue weighted by Gasteiger charge is 2.29. The Morgan fingerprint density at radius 3 is 2.76 bits per heavy atom. The fraction of sp³-hybridized carbons (Fsp3) is 0.211. The van der Waals surface area contributed by atoms with Gasteiger partial charge in [0.1, 0.15) is 12.4 Å². The zero-order chi connectivity index (χ0) is 16.5. The third-order valence-electron chi connectivity index (χ3n) is 4.44. The minimum atomic E-state index is -0.806. The molecule has 2 heterocycles. The average molecular weight is 359 g/mol. The van der Waals surface area contributed by atoms with Crippen LogP contribution >= 0.6 is 12.4 Å². The molecule has 0 aliphatic carbocycles. The Morgan fingerprint density at radius 2 is 2.00 bits per heavy atom. The fourth-order valence-electron chi connectivity index (χ4n) is 3.27. The third kappa shape index (κ3) is 3.34. The number of halogens is 1. The van der Waals surface area contributed by atoms with Crippen molar-refractivity contribution in [3.8, 4) is 5.75 Å². The van der Waals surface area contributed by atoms with Gasteiger partial charge in [0.15, 0.2) is 0 Å². The van der Waals surface area contributed by atoms with Gasteiger partial charge in [0, 0.05) is 29.7 Å². The lowest BCUT2D eigenvalue weighted by Gasteiger charge is -2.20. The van der Waals surface area contributed by atoms with Crippen molar-refractivity contribution < 1.29 is 14.6 Å². The zero-order valence-electron chi connectivity index (χ0n) is 13.5. The number of ether oxygens (including phenoxy) is 1. The van der Waals surface area contributed by atoms with E-state index in [1.165, 1.54) is 0 Å². The van der Waals surface area contributed by atoms with Crippen LogP contribution in [0.25, 0.3) is 10.9 Å². The molecule has 0 radical (unpaired) electrons. The average Bonchev–Trinajstić information content (AvgIpc) is 2.98. The van der Waals surface area contributed by atoms with Gasteiger partial charge in [0.25, 0.3) is 0 Å². The second kappa shape index (κ2) is 7.17. The molecule has 3 aromatic rings. The van der Waals surface area contributed by atoms with E-state index in [0.717, 1.165) is 33.5 Å². The van der Waals surface area contributed by atoms with Gasteiger partial charge < -0.3 is 20.1 Å². The van der Waals surface area contributed by atoms with E-state index in [1.807, 2.05) is 48.5 Å². The summed E-state index contributed by atoms with van der Waals surface area (Å²) in [5, 5.41) is 13.6. The number of carbonyl (C=O) groups is 1. The van der Waals surface area contributed by atoms with Crippen LogP contribution in [0.4, 0.5) is 0 Å². The fourth-order valence-corrected chi connectivity index (χ4v) is 3.27. The summed E-state index contributed by atoms with van der Waals surface area (Å²) >= 11 is 0. The van der Waals surface area contributed by atoms with Crippen LogP contribution in [0.5, 0.6) is 5.75 Å². The van der Waals surface area contributed by atoms with Crippen molar-refractivity contribution in [2.24, 2.45) is 0 Å². The molecule has 6 heteroatoms. The summed E-state index contributed by atoms with van der Waals surface area (Å²) in [4.78, 5) is 14.9. The van der Waals surface area contributed by atoms with Crippen LogP contribution in [0.15, 0.2) is 48.5 Å². The van der Waals surface area contributed by atoms with Crippen molar-refractivity contribution in [2.45, 2.75) is 19.1 Å². The summed E-state index contributed by atoms with van der Waals surface area (Å²) in [5.74, 6) is -0.595. The van der Waals surface area contributed by atoms with Gasteiger partial charge in [-0.05, 0) is 29.3 Å². The number of aliphatic carboxylic acids is 1. The number of H-pyrrole nitrogens is 1. The molecule has 2 aromatic carbocycles. The van der Waals surface area contributed by atoms with Gasteiger partial charge in [-0.15, -0.1) is 12.4 Å². The van der Waals surface area contributed by atoms with Crippen LogP contribution in [0.2, 0.25) is 0 Å². The van der Waals surface area contributed by atoms with Crippen LogP contribution in [0.1, 0.15) is 22.7 Å². The van der Waals surface area contributed by atoms with Crippen molar-refractivity contribution in [3.63, 3.8) is 0 Å². The molecule has 130 valence electrons. The lowest BCUT2D eigenvalue weighted by atomic mass is 9.93. The van der Waals surface area contributed by atoms with Crippen LogP contribution in [-0.4, -0.2) is 22.6 Å². The van der Waals surface area contributed by atoms with Crippen LogP contribution in [0, 0.1) is 0 Å². The molecule has 1 aliphatic rings. The molecule has 0 saturated carbocycles. The minimum absolute atomic E-state index is 0. The Hall–Kier alpha value is -2.50. The van der Waals surface area contributed by atoms with E-state index >= 15 is 0 Å². The Bertz CT molecular complexity index is 892. The SMILES string of the molecule is Cl.O=C(O)C1CNCc2[nH]c3ccc(OCc4ccccc4)cc3c21. The second-order valence-electron chi connectivity index (χ2n) is 6.02. The molecule has 25 heavy (non-hydrogen) atoms. The maximum Gasteiger partial charge on any atom is 0.312 e. The number of nitrogens with one attached hydrogen (secondary N) is 2. The number of hydrogen-bond donors (Lipinski definition) is 3. The van der Waals surface area contributed by atoms with Crippen molar-refractivity contribution in [1.82, 2.24) is 10.3 Å². The van der Waals surface area contributed by atoms with E-state index in [-0.39, 0.29) is 12.4 Å². The van der Waals surface area contributed by atoms with E-state index in [0.29, 0.717) is 19.7 Å². The zero-order valence-corrected chi connectivity index (χ0v) is 14.3. The number of aromatic amines is 1. The highest BCUT2D eigenvalue weighted by atomic mass is 35.5. The number of hydrogen-bond acceptors (Lipinski definition) is 3. The van der Waals surface area contributed by atoms with E-state index in [4.69, 9.17) is 4.74 Å². The molecule has 1 atom stereocenters. The third-order valence-corrected chi connectivity index (χ3v) is 4.44. The maximum absolute atomic E-state index is 11.6. The first-order chi connectivity index (χ1) is 11.7. The molecule has 1 aliphatic heterocycles. The van der Waals surface area contributed by atoms with E-state index in [2.05, 4.69) is 10.3 Å². The van der Waals surface area contributed by atoms with Gasteiger partial charge >= 0.3 is 5.97 Å². The number of fused-ring (bicyclic) bond motifs is 3. The molecular formula is C19H19ClN2O3. The number of carboxylic acid groups (broad SMARTS) is 1. The molecule has 0 spiro atoms. The smallest absolute Gasteiger partial charge is 0.312 e. The molecular weight excluding hydrogens is 340 g/mol. The minimum Gasteiger partial charge on any atom is -0.489 e. The highest BCUT2D eigenvalue weighted by Crippen LogP contribution is 2.34. The van der Waals surface area contributed by atoms with Crippen molar-refractivity contribution in [1.29, 1.82) is 0 Å². The van der Waals surface area contributed by atoms with Gasteiger partial charge in [-0.1, -0.05) is 30.3 Å². The van der Waals surface area contributed by atoms with Crippen LogP contribution in [0.3, 0.4) is 0 Å². The molecule has 1 unspecified atom stereocenters. The van der Waals surface area contributed by atoms with Crippen molar-refractivity contribution in [2.75, 3.05) is 6.54 Å². The predicted octanol–water partition coefficient (Wildman–Crippen LogP) is 3.44. The summed E-state index contributed by atoms with van der Waals surface area (Å²) < 4.78 is 5.88. The first-order valence-electron chi connectivity index (χ1n) is 7.97. The Morgan fingerprint density at radius 1 is 1.20 bits per heavy atom. The quantitative estimate of drug-likeness (QED) is 0.668. The van der Waals surface area contributed by atoms with Crippen molar-refractivity contribution >= 4 is 29.3 Å². The van der Waals surface area contributed by atoms with Gasteiger partial charge in [-0.25, -0.2) is 0 Å². The Labute approximate surface area is 151 Å². The molecule has 0 bridgehead atoms.